The Labute approximate surface area is 161 Å². The maximum atomic E-state index is 12.0. The number of aldehydes is 1. The fraction of sp³-hybridized carbons (Fsp3) is 0.647. The Hall–Kier alpha value is -2.82. The molecule has 1 fully saturated rings. The molecule has 0 aromatic heterocycles. The second-order valence-electron chi connectivity index (χ2n) is 6.12. The van der Waals surface area contributed by atoms with Crippen molar-refractivity contribution in [2.45, 2.75) is 65.1 Å². The first-order valence-electron chi connectivity index (χ1n) is 8.38. The molecule has 2 amide bonds. The molecular formula is C17H23NO10. The van der Waals surface area contributed by atoms with E-state index in [4.69, 9.17) is 18.9 Å². The average Bonchev–Trinajstić information content (AvgIpc) is 2.55. The minimum absolute atomic E-state index is 0.324. The number of amides is 2. The van der Waals surface area contributed by atoms with Crippen LogP contribution in [0.5, 0.6) is 0 Å². The van der Waals surface area contributed by atoms with Gasteiger partial charge in [0.15, 0.2) is 18.5 Å². The first kappa shape index (κ1) is 23.2. The van der Waals surface area contributed by atoms with Crippen LogP contribution in [0.15, 0.2) is 0 Å². The molecule has 0 saturated carbocycles. The lowest BCUT2D eigenvalue weighted by atomic mass is 9.91. The van der Waals surface area contributed by atoms with Gasteiger partial charge in [-0.1, -0.05) is 0 Å². The van der Waals surface area contributed by atoms with E-state index in [-0.39, 0.29) is 0 Å². The predicted molar refractivity (Wildman–Crippen MR) is 89.5 cm³/mol. The van der Waals surface area contributed by atoms with Gasteiger partial charge in [-0.15, -0.1) is 0 Å². The van der Waals surface area contributed by atoms with Crippen LogP contribution in [0.1, 0.15) is 34.6 Å². The number of carbonyl (C=O) groups excluding carboxylic acids is 6. The molecule has 11 heteroatoms. The van der Waals surface area contributed by atoms with Gasteiger partial charge >= 0.3 is 17.9 Å². The molecule has 28 heavy (non-hydrogen) atoms. The smallest absolute Gasteiger partial charge is 0.303 e. The van der Waals surface area contributed by atoms with E-state index in [9.17, 15) is 28.8 Å². The summed E-state index contributed by atoms with van der Waals surface area (Å²) in [6, 6.07) is -1.38. The summed E-state index contributed by atoms with van der Waals surface area (Å²) < 4.78 is 20.8. The normalized spacial score (nSPS) is 26.5. The Morgan fingerprint density at radius 3 is 1.75 bits per heavy atom. The van der Waals surface area contributed by atoms with Gasteiger partial charge < -0.3 is 23.7 Å². The first-order valence-corrected chi connectivity index (χ1v) is 8.38. The Balaban J connectivity index is 3.46. The summed E-state index contributed by atoms with van der Waals surface area (Å²) in [6.07, 6.45) is -5.03. The highest BCUT2D eigenvalue weighted by atomic mass is 16.6. The lowest BCUT2D eigenvalue weighted by Crippen LogP contribution is -2.68. The highest BCUT2D eigenvalue weighted by Crippen LogP contribution is 2.30. The third-order valence-electron chi connectivity index (χ3n) is 3.86. The van der Waals surface area contributed by atoms with E-state index in [2.05, 4.69) is 0 Å². The van der Waals surface area contributed by atoms with Crippen molar-refractivity contribution in [1.29, 1.82) is 0 Å². The van der Waals surface area contributed by atoms with Crippen molar-refractivity contribution >= 4 is 36.0 Å². The molecule has 1 heterocycles. The highest BCUT2D eigenvalue weighted by Gasteiger charge is 2.53. The third-order valence-corrected chi connectivity index (χ3v) is 3.86. The van der Waals surface area contributed by atoms with Crippen LogP contribution < -0.4 is 0 Å². The average molecular weight is 401 g/mol. The van der Waals surface area contributed by atoms with E-state index >= 15 is 0 Å². The summed E-state index contributed by atoms with van der Waals surface area (Å²) in [7, 11) is 0. The zero-order chi connectivity index (χ0) is 21.6. The van der Waals surface area contributed by atoms with Crippen LogP contribution in [0.25, 0.3) is 0 Å². The van der Waals surface area contributed by atoms with Crippen molar-refractivity contribution in [1.82, 2.24) is 4.90 Å². The van der Waals surface area contributed by atoms with Crippen LogP contribution in [0.2, 0.25) is 0 Å². The van der Waals surface area contributed by atoms with Crippen molar-refractivity contribution in [3.63, 3.8) is 0 Å². The molecule has 5 atom stereocenters. The zero-order valence-corrected chi connectivity index (χ0v) is 16.2. The minimum atomic E-state index is -1.42. The Morgan fingerprint density at radius 1 is 0.857 bits per heavy atom. The monoisotopic (exact) mass is 401 g/mol. The molecular weight excluding hydrogens is 378 g/mol. The van der Waals surface area contributed by atoms with Gasteiger partial charge in [-0.05, 0) is 0 Å². The van der Waals surface area contributed by atoms with Crippen LogP contribution in [0, 0.1) is 0 Å². The molecule has 1 aliphatic rings. The molecule has 11 nitrogen and oxygen atoms in total. The number of imide groups is 1. The molecule has 0 aromatic carbocycles. The van der Waals surface area contributed by atoms with Crippen molar-refractivity contribution in [2.75, 3.05) is 6.61 Å². The summed E-state index contributed by atoms with van der Waals surface area (Å²) in [5.74, 6) is -3.71. The van der Waals surface area contributed by atoms with Gasteiger partial charge in [0.25, 0.3) is 0 Å². The quantitative estimate of drug-likeness (QED) is 0.313. The van der Waals surface area contributed by atoms with E-state index < -0.39 is 66.8 Å². The standard InChI is InChI=1S/C17H23NO10/c1-8(20)18(9(2)21)15-13(6-19)28-14(7-25-10(3)22)16(26-11(4)23)17(15)27-12(5)24/h6,13-17H,7H2,1-5H3. The van der Waals surface area contributed by atoms with Crippen LogP contribution in [0.4, 0.5) is 0 Å². The Bertz CT molecular complexity index is 646. The minimum Gasteiger partial charge on any atom is -0.463 e. The summed E-state index contributed by atoms with van der Waals surface area (Å²) in [5.41, 5.74) is 0. The lowest BCUT2D eigenvalue weighted by molar-refractivity contribution is -0.230. The summed E-state index contributed by atoms with van der Waals surface area (Å²) >= 11 is 0. The molecule has 0 spiro atoms. The van der Waals surface area contributed by atoms with E-state index in [1.807, 2.05) is 0 Å². The van der Waals surface area contributed by atoms with Crippen molar-refractivity contribution in [2.24, 2.45) is 0 Å². The number of nitrogens with zero attached hydrogens (tertiary/aromatic N) is 1. The van der Waals surface area contributed by atoms with Gasteiger partial charge in [0.2, 0.25) is 11.8 Å². The number of ether oxygens (including phenoxy) is 4. The molecule has 0 radical (unpaired) electrons. The molecule has 0 N–H and O–H groups in total. The number of hydrogen-bond acceptors (Lipinski definition) is 10. The highest BCUT2D eigenvalue weighted by molar-refractivity contribution is 5.94. The second kappa shape index (κ2) is 9.93. The van der Waals surface area contributed by atoms with Gasteiger partial charge in [-0.3, -0.25) is 28.9 Å². The first-order chi connectivity index (χ1) is 13.0. The van der Waals surface area contributed by atoms with Crippen molar-refractivity contribution in [3.05, 3.63) is 0 Å². The van der Waals surface area contributed by atoms with Crippen LogP contribution in [-0.4, -0.2) is 78.0 Å². The Morgan fingerprint density at radius 2 is 1.36 bits per heavy atom. The topological polar surface area (TPSA) is 143 Å². The SMILES string of the molecule is CC(=O)OCC1OC(C=O)C(N(C(C)=O)C(C)=O)C(OC(C)=O)C1OC(C)=O. The van der Waals surface area contributed by atoms with E-state index in [1.54, 1.807) is 0 Å². The van der Waals surface area contributed by atoms with Crippen molar-refractivity contribution in [3.8, 4) is 0 Å². The zero-order valence-electron chi connectivity index (χ0n) is 16.2. The molecule has 156 valence electrons. The van der Waals surface area contributed by atoms with Crippen molar-refractivity contribution < 1.29 is 47.7 Å². The summed E-state index contributed by atoms with van der Waals surface area (Å²) in [6.45, 7) is 5.05. The fourth-order valence-corrected chi connectivity index (χ4v) is 3.00. The Kier molecular flexibility index (Phi) is 8.23. The van der Waals surface area contributed by atoms with Crippen LogP contribution >= 0.6 is 0 Å². The van der Waals surface area contributed by atoms with Crippen LogP contribution in [-0.2, 0) is 47.7 Å². The predicted octanol–water partition coefficient (Wildman–Crippen LogP) is -0.857. The molecule has 5 unspecified atom stereocenters. The number of hydrogen-bond donors (Lipinski definition) is 0. The molecule has 0 aliphatic carbocycles. The van der Waals surface area contributed by atoms with E-state index in [0.29, 0.717) is 11.2 Å². The molecule has 0 bridgehead atoms. The number of carbonyl (C=O) groups is 6. The van der Waals surface area contributed by atoms with Gasteiger partial charge in [-0.25, -0.2) is 0 Å². The van der Waals surface area contributed by atoms with Gasteiger partial charge in [0, 0.05) is 34.6 Å². The van der Waals surface area contributed by atoms with Crippen LogP contribution in [0.3, 0.4) is 0 Å². The maximum Gasteiger partial charge on any atom is 0.303 e. The number of esters is 3. The number of rotatable bonds is 6. The van der Waals surface area contributed by atoms with E-state index in [1.165, 1.54) is 0 Å². The molecule has 0 aromatic rings. The summed E-state index contributed by atoms with van der Waals surface area (Å²) in [5, 5.41) is 0. The van der Waals surface area contributed by atoms with Gasteiger partial charge in [0.1, 0.15) is 24.9 Å². The maximum absolute atomic E-state index is 12.0. The molecule has 1 rings (SSSR count). The summed E-state index contributed by atoms with van der Waals surface area (Å²) in [4.78, 5) is 70.7. The third kappa shape index (κ3) is 5.84. The van der Waals surface area contributed by atoms with Gasteiger partial charge in [0.05, 0.1) is 0 Å². The fourth-order valence-electron chi connectivity index (χ4n) is 3.00. The van der Waals surface area contributed by atoms with Gasteiger partial charge in [-0.2, -0.15) is 0 Å². The van der Waals surface area contributed by atoms with E-state index in [0.717, 1.165) is 34.6 Å². The second-order valence-corrected chi connectivity index (χ2v) is 6.12. The molecule has 1 aliphatic heterocycles. The molecule has 1 saturated heterocycles. The lowest BCUT2D eigenvalue weighted by Gasteiger charge is -2.46. The largest absolute Gasteiger partial charge is 0.463 e.